The summed E-state index contributed by atoms with van der Waals surface area (Å²) in [7, 11) is 2.24. The molecule has 2 aromatic heterocycles. The van der Waals surface area contributed by atoms with Crippen LogP contribution >= 0.6 is 0 Å². The van der Waals surface area contributed by atoms with Crippen molar-refractivity contribution in [1.29, 1.82) is 0 Å². The molecule has 0 bridgehead atoms. The number of aromatic nitrogens is 5. The molecule has 1 atom stereocenters. The third-order valence-electron chi connectivity index (χ3n) is 7.06. The zero-order valence-electron chi connectivity index (χ0n) is 16.4. The molecule has 0 amide bonds. The van der Waals surface area contributed by atoms with E-state index in [1.54, 1.807) is 0 Å². The topological polar surface area (TPSA) is 51.8 Å². The van der Waals surface area contributed by atoms with E-state index in [0.29, 0.717) is 18.0 Å². The van der Waals surface area contributed by atoms with Crippen molar-refractivity contribution in [2.24, 2.45) is 7.05 Å². The number of imidazole rings is 1. The minimum atomic E-state index is 0.439. The monoisotopic (exact) mass is 366 g/mol. The highest BCUT2D eigenvalue weighted by Gasteiger charge is 2.38. The zero-order chi connectivity index (χ0) is 18.0. The van der Waals surface area contributed by atoms with Crippen LogP contribution in [0.25, 0.3) is 0 Å². The first-order chi connectivity index (χ1) is 13.3. The van der Waals surface area contributed by atoms with Gasteiger partial charge in [0.25, 0.3) is 0 Å². The summed E-state index contributed by atoms with van der Waals surface area (Å²) < 4.78 is 4.93. The molecular formula is C21H30N6. The van der Waals surface area contributed by atoms with E-state index >= 15 is 0 Å². The lowest BCUT2D eigenvalue weighted by Crippen LogP contribution is -2.27. The molecule has 3 fully saturated rings. The predicted octanol–water partition coefficient (Wildman–Crippen LogP) is 3.44. The maximum Gasteiger partial charge on any atom is 0.147 e. The van der Waals surface area contributed by atoms with E-state index in [4.69, 9.17) is 4.98 Å². The number of rotatable bonds is 5. The molecule has 6 nitrogen and oxygen atoms in total. The van der Waals surface area contributed by atoms with Gasteiger partial charge in [0.1, 0.15) is 17.5 Å². The van der Waals surface area contributed by atoms with Crippen molar-refractivity contribution in [2.45, 2.75) is 88.8 Å². The van der Waals surface area contributed by atoms with E-state index < -0.39 is 0 Å². The fourth-order valence-corrected chi connectivity index (χ4v) is 5.29. The van der Waals surface area contributed by atoms with Gasteiger partial charge in [-0.25, -0.2) is 4.98 Å². The van der Waals surface area contributed by atoms with E-state index in [9.17, 15) is 0 Å². The molecule has 0 radical (unpaired) electrons. The Balaban J connectivity index is 1.29. The van der Waals surface area contributed by atoms with Gasteiger partial charge in [-0.3, -0.25) is 4.90 Å². The van der Waals surface area contributed by atoms with Gasteiger partial charge in [-0.05, 0) is 70.8 Å². The second kappa shape index (κ2) is 6.16. The summed E-state index contributed by atoms with van der Waals surface area (Å²) in [5, 5.41) is 9.28. The number of hydrogen-bond acceptors (Lipinski definition) is 4. The summed E-state index contributed by atoms with van der Waals surface area (Å²) in [5.41, 5.74) is 2.85. The highest BCUT2D eigenvalue weighted by Crippen LogP contribution is 2.45. The molecule has 0 aromatic carbocycles. The SMILES string of the molecule is Cn1c([C@H]2CCCN2Cc2nnc(C3CC3)n2C2CC2)nc2c1CCCC2. The zero-order valence-corrected chi connectivity index (χ0v) is 16.4. The first kappa shape index (κ1) is 16.3. The smallest absolute Gasteiger partial charge is 0.147 e. The molecule has 3 aliphatic carbocycles. The Labute approximate surface area is 161 Å². The largest absolute Gasteiger partial charge is 0.334 e. The highest BCUT2D eigenvalue weighted by molar-refractivity contribution is 5.22. The number of aryl methyl sites for hydroxylation is 1. The fourth-order valence-electron chi connectivity index (χ4n) is 5.29. The van der Waals surface area contributed by atoms with E-state index in [0.717, 1.165) is 19.5 Å². The molecule has 144 valence electrons. The molecule has 0 unspecified atom stereocenters. The summed E-state index contributed by atoms with van der Waals surface area (Å²) >= 11 is 0. The van der Waals surface area contributed by atoms with Crippen LogP contribution in [0.5, 0.6) is 0 Å². The minimum Gasteiger partial charge on any atom is -0.334 e. The third kappa shape index (κ3) is 2.75. The molecule has 6 heteroatoms. The Morgan fingerprint density at radius 3 is 2.56 bits per heavy atom. The van der Waals surface area contributed by atoms with Crippen molar-refractivity contribution < 1.29 is 0 Å². The molecule has 1 aliphatic heterocycles. The number of likely N-dealkylation sites (tertiary alicyclic amines) is 1. The second-order valence-electron chi connectivity index (χ2n) is 9.11. The van der Waals surface area contributed by atoms with Crippen LogP contribution in [0.2, 0.25) is 0 Å². The van der Waals surface area contributed by atoms with Crippen molar-refractivity contribution in [2.75, 3.05) is 6.54 Å². The molecule has 1 saturated heterocycles. The Morgan fingerprint density at radius 2 is 1.78 bits per heavy atom. The van der Waals surface area contributed by atoms with Gasteiger partial charge in [0.05, 0.1) is 18.3 Å². The summed E-state index contributed by atoms with van der Waals surface area (Å²) in [6.07, 6.45) is 12.7. The Morgan fingerprint density at radius 1 is 0.926 bits per heavy atom. The number of fused-ring (bicyclic) bond motifs is 1. The van der Waals surface area contributed by atoms with Gasteiger partial charge in [0.2, 0.25) is 0 Å². The molecule has 2 saturated carbocycles. The Hall–Kier alpha value is -1.69. The van der Waals surface area contributed by atoms with Crippen LogP contribution in [0.15, 0.2) is 0 Å². The number of nitrogens with zero attached hydrogens (tertiary/aromatic N) is 6. The average Bonchev–Trinajstić information content (AvgIpc) is 3.60. The number of hydrogen-bond donors (Lipinski definition) is 0. The van der Waals surface area contributed by atoms with Gasteiger partial charge in [-0.2, -0.15) is 0 Å². The quantitative estimate of drug-likeness (QED) is 0.813. The summed E-state index contributed by atoms with van der Waals surface area (Å²) in [6, 6.07) is 1.11. The van der Waals surface area contributed by atoms with E-state index in [1.807, 2.05) is 0 Å². The van der Waals surface area contributed by atoms with Gasteiger partial charge < -0.3 is 9.13 Å². The Bertz CT molecular complexity index is 856. The van der Waals surface area contributed by atoms with Crippen molar-refractivity contribution in [1.82, 2.24) is 29.2 Å². The van der Waals surface area contributed by atoms with Crippen LogP contribution < -0.4 is 0 Å². The van der Waals surface area contributed by atoms with Crippen LogP contribution in [-0.2, 0) is 26.4 Å². The molecule has 0 spiro atoms. The molecule has 27 heavy (non-hydrogen) atoms. The van der Waals surface area contributed by atoms with E-state index in [1.165, 1.54) is 86.6 Å². The van der Waals surface area contributed by atoms with Crippen LogP contribution in [-0.4, -0.2) is 35.8 Å². The van der Waals surface area contributed by atoms with E-state index in [-0.39, 0.29) is 0 Å². The lowest BCUT2D eigenvalue weighted by Gasteiger charge is -2.24. The predicted molar refractivity (Wildman–Crippen MR) is 103 cm³/mol. The van der Waals surface area contributed by atoms with Gasteiger partial charge in [-0.1, -0.05) is 0 Å². The molecule has 0 N–H and O–H groups in total. The fraction of sp³-hybridized carbons (Fsp3) is 0.762. The van der Waals surface area contributed by atoms with Crippen LogP contribution in [0, 0.1) is 0 Å². The molecular weight excluding hydrogens is 336 g/mol. The van der Waals surface area contributed by atoms with Crippen molar-refractivity contribution in [3.05, 3.63) is 28.9 Å². The summed E-state index contributed by atoms with van der Waals surface area (Å²) in [4.78, 5) is 7.73. The lowest BCUT2D eigenvalue weighted by atomic mass is 10.0. The minimum absolute atomic E-state index is 0.439. The summed E-state index contributed by atoms with van der Waals surface area (Å²) in [6.45, 7) is 2.08. The first-order valence-electron chi connectivity index (χ1n) is 11.0. The van der Waals surface area contributed by atoms with Crippen LogP contribution in [0.1, 0.15) is 98.2 Å². The van der Waals surface area contributed by atoms with E-state index in [2.05, 4.69) is 31.3 Å². The lowest BCUT2D eigenvalue weighted by molar-refractivity contribution is 0.226. The maximum atomic E-state index is 5.12. The van der Waals surface area contributed by atoms with Crippen LogP contribution in [0.4, 0.5) is 0 Å². The maximum absolute atomic E-state index is 5.12. The van der Waals surface area contributed by atoms with Gasteiger partial charge in [-0.15, -0.1) is 10.2 Å². The average molecular weight is 367 g/mol. The molecule has 6 rings (SSSR count). The van der Waals surface area contributed by atoms with Crippen molar-refractivity contribution in [3.63, 3.8) is 0 Å². The first-order valence-corrected chi connectivity index (χ1v) is 11.0. The summed E-state index contributed by atoms with van der Waals surface area (Å²) in [5.74, 6) is 4.45. The van der Waals surface area contributed by atoms with Gasteiger partial charge >= 0.3 is 0 Å². The highest BCUT2D eigenvalue weighted by atomic mass is 15.3. The molecule has 3 heterocycles. The molecule has 2 aromatic rings. The molecule has 4 aliphatic rings. The Kier molecular flexibility index (Phi) is 3.71. The standard InChI is InChI=1S/C21H30N6/c1-25-17-6-3-2-5-16(17)22-21(25)18-7-4-12-26(18)13-19-23-24-20(14-8-9-14)27(19)15-10-11-15/h14-15,18H,2-13H2,1H3/t18-/m1/s1. The van der Waals surface area contributed by atoms with Gasteiger partial charge in [0, 0.05) is 24.7 Å². The van der Waals surface area contributed by atoms with Crippen LogP contribution in [0.3, 0.4) is 0 Å². The third-order valence-corrected chi connectivity index (χ3v) is 7.06. The van der Waals surface area contributed by atoms with Crippen molar-refractivity contribution >= 4 is 0 Å². The second-order valence-corrected chi connectivity index (χ2v) is 9.11. The normalized spacial score (nSPS) is 25.9. The van der Waals surface area contributed by atoms with Gasteiger partial charge in [0.15, 0.2) is 0 Å². The van der Waals surface area contributed by atoms with Crippen molar-refractivity contribution in [3.8, 4) is 0 Å².